The summed E-state index contributed by atoms with van der Waals surface area (Å²) in [5.74, 6) is -0.994. The molecule has 3 aromatic rings. The molecule has 104 valence electrons. The number of aromatic carboxylic acids is 1. The topological polar surface area (TPSA) is 81.1 Å². The van der Waals surface area contributed by atoms with E-state index in [1.807, 2.05) is 36.5 Å². The third-order valence-corrected chi connectivity index (χ3v) is 3.21. The van der Waals surface area contributed by atoms with E-state index in [4.69, 9.17) is 10.8 Å². The smallest absolute Gasteiger partial charge is 0.335 e. The number of hydrogen-bond donors (Lipinski definition) is 2. The summed E-state index contributed by atoms with van der Waals surface area (Å²) in [7, 11) is 0. The molecule has 3 N–H and O–H groups in total. The first-order chi connectivity index (χ1) is 10.1. The number of anilines is 1. The highest BCUT2D eigenvalue weighted by molar-refractivity contribution is 5.89. The summed E-state index contributed by atoms with van der Waals surface area (Å²) in [6.45, 7) is 0. The van der Waals surface area contributed by atoms with E-state index >= 15 is 0 Å². The van der Waals surface area contributed by atoms with Crippen molar-refractivity contribution in [2.45, 2.75) is 0 Å². The number of hydrogen-bond acceptors (Lipinski definition) is 3. The fourth-order valence-corrected chi connectivity index (χ4v) is 2.11. The minimum absolute atomic E-state index is 0.177. The zero-order valence-corrected chi connectivity index (χ0v) is 11.1. The first kappa shape index (κ1) is 12.9. The molecule has 0 aliphatic carbocycles. The molecule has 0 amide bonds. The summed E-state index contributed by atoms with van der Waals surface area (Å²) in [6.07, 6.45) is 3.55. The molecule has 0 aliphatic rings. The van der Waals surface area contributed by atoms with Gasteiger partial charge in [-0.15, -0.1) is 0 Å². The van der Waals surface area contributed by atoms with Crippen molar-refractivity contribution in [3.63, 3.8) is 0 Å². The summed E-state index contributed by atoms with van der Waals surface area (Å²) in [4.78, 5) is 11.1. The molecule has 0 aliphatic heterocycles. The molecule has 5 heteroatoms. The SMILES string of the molecule is Nc1ccc(C(=O)O)cc1-n1cc(-c2ccccc2)cn1. The van der Waals surface area contributed by atoms with Crippen molar-refractivity contribution < 1.29 is 9.90 Å². The number of nitrogens with two attached hydrogens (primary N) is 1. The lowest BCUT2D eigenvalue weighted by Gasteiger charge is -2.06. The van der Waals surface area contributed by atoms with Crippen molar-refractivity contribution in [3.05, 3.63) is 66.5 Å². The van der Waals surface area contributed by atoms with Gasteiger partial charge < -0.3 is 10.8 Å². The number of benzene rings is 2. The normalized spacial score (nSPS) is 10.5. The molecular formula is C16H13N3O2. The quantitative estimate of drug-likeness (QED) is 0.722. The third kappa shape index (κ3) is 2.49. The lowest BCUT2D eigenvalue weighted by molar-refractivity contribution is 0.0697. The van der Waals surface area contributed by atoms with Gasteiger partial charge in [-0.3, -0.25) is 0 Å². The molecule has 3 rings (SSSR count). The molecule has 1 heterocycles. The average Bonchev–Trinajstić information content (AvgIpc) is 2.98. The van der Waals surface area contributed by atoms with Crippen LogP contribution in [0.4, 0.5) is 5.69 Å². The van der Waals surface area contributed by atoms with Gasteiger partial charge in [-0.05, 0) is 23.8 Å². The van der Waals surface area contributed by atoms with Crippen molar-refractivity contribution in [2.24, 2.45) is 0 Å². The van der Waals surface area contributed by atoms with Gasteiger partial charge in [0, 0.05) is 11.8 Å². The number of carboxylic acids is 1. The van der Waals surface area contributed by atoms with E-state index in [-0.39, 0.29) is 5.56 Å². The standard InChI is InChI=1S/C16H13N3O2/c17-14-7-6-12(16(20)21)8-15(14)19-10-13(9-18-19)11-4-2-1-3-5-11/h1-10H,17H2,(H,20,21). The lowest BCUT2D eigenvalue weighted by atomic mass is 10.1. The Morgan fingerprint density at radius 2 is 1.86 bits per heavy atom. The predicted octanol–water partition coefficient (Wildman–Crippen LogP) is 2.82. The molecule has 0 saturated carbocycles. The van der Waals surface area contributed by atoms with Crippen LogP contribution in [-0.4, -0.2) is 20.9 Å². The molecule has 1 aromatic heterocycles. The average molecular weight is 279 g/mol. The Bertz CT molecular complexity index is 794. The van der Waals surface area contributed by atoms with Crippen LogP contribution in [0.3, 0.4) is 0 Å². The number of aromatic nitrogens is 2. The fraction of sp³-hybridized carbons (Fsp3) is 0. The highest BCUT2D eigenvalue weighted by atomic mass is 16.4. The highest BCUT2D eigenvalue weighted by Gasteiger charge is 2.10. The second-order valence-electron chi connectivity index (χ2n) is 4.62. The zero-order chi connectivity index (χ0) is 14.8. The first-order valence-corrected chi connectivity index (χ1v) is 6.38. The van der Waals surface area contributed by atoms with Crippen molar-refractivity contribution in [1.82, 2.24) is 9.78 Å². The van der Waals surface area contributed by atoms with Crippen molar-refractivity contribution in [3.8, 4) is 16.8 Å². The number of rotatable bonds is 3. The van der Waals surface area contributed by atoms with Gasteiger partial charge >= 0.3 is 5.97 Å². The Labute approximate surface area is 121 Å². The van der Waals surface area contributed by atoms with Gasteiger partial charge in [0.15, 0.2) is 0 Å². The van der Waals surface area contributed by atoms with Crippen molar-refractivity contribution in [2.75, 3.05) is 5.73 Å². The second-order valence-corrected chi connectivity index (χ2v) is 4.62. The predicted molar refractivity (Wildman–Crippen MR) is 80.4 cm³/mol. The third-order valence-electron chi connectivity index (χ3n) is 3.21. The molecule has 21 heavy (non-hydrogen) atoms. The number of carboxylic acid groups (broad SMARTS) is 1. The van der Waals surface area contributed by atoms with E-state index in [0.29, 0.717) is 11.4 Å². The van der Waals surface area contributed by atoms with Crippen LogP contribution in [-0.2, 0) is 0 Å². The second kappa shape index (κ2) is 5.13. The molecule has 0 unspecified atom stereocenters. The fourth-order valence-electron chi connectivity index (χ4n) is 2.11. The molecular weight excluding hydrogens is 266 g/mol. The molecule has 5 nitrogen and oxygen atoms in total. The summed E-state index contributed by atoms with van der Waals surface area (Å²) in [5, 5.41) is 13.3. The largest absolute Gasteiger partial charge is 0.478 e. The zero-order valence-electron chi connectivity index (χ0n) is 11.1. The number of carbonyl (C=O) groups is 1. The van der Waals surface area contributed by atoms with Gasteiger partial charge in [0.25, 0.3) is 0 Å². The summed E-state index contributed by atoms with van der Waals surface area (Å²) in [5.41, 5.74) is 9.10. The minimum Gasteiger partial charge on any atom is -0.478 e. The van der Waals surface area contributed by atoms with Gasteiger partial charge in [0.1, 0.15) is 0 Å². The van der Waals surface area contributed by atoms with E-state index in [2.05, 4.69) is 5.10 Å². The Morgan fingerprint density at radius 3 is 2.57 bits per heavy atom. The van der Waals surface area contributed by atoms with Crippen LogP contribution in [0.5, 0.6) is 0 Å². The number of nitrogens with zero attached hydrogens (tertiary/aromatic N) is 2. The molecule has 0 bridgehead atoms. The van der Waals surface area contributed by atoms with Crippen LogP contribution in [0.25, 0.3) is 16.8 Å². The molecule has 2 aromatic carbocycles. The van der Waals surface area contributed by atoms with Crippen LogP contribution in [0.1, 0.15) is 10.4 Å². The van der Waals surface area contributed by atoms with Crippen molar-refractivity contribution in [1.29, 1.82) is 0 Å². The van der Waals surface area contributed by atoms with Gasteiger partial charge in [-0.25, -0.2) is 9.48 Å². The van der Waals surface area contributed by atoms with Crippen LogP contribution < -0.4 is 5.73 Å². The molecule has 0 atom stereocenters. The van der Waals surface area contributed by atoms with E-state index in [1.54, 1.807) is 16.9 Å². The van der Waals surface area contributed by atoms with Gasteiger partial charge in [0.05, 0.1) is 23.1 Å². The maximum Gasteiger partial charge on any atom is 0.335 e. The molecule has 0 radical (unpaired) electrons. The maximum absolute atomic E-state index is 11.1. The molecule has 0 saturated heterocycles. The van der Waals surface area contributed by atoms with E-state index < -0.39 is 5.97 Å². The van der Waals surface area contributed by atoms with Crippen molar-refractivity contribution >= 4 is 11.7 Å². The summed E-state index contributed by atoms with van der Waals surface area (Å²) in [6, 6.07) is 14.4. The van der Waals surface area contributed by atoms with Crippen LogP contribution in [0, 0.1) is 0 Å². The Hall–Kier alpha value is -3.08. The summed E-state index contributed by atoms with van der Waals surface area (Å²) < 4.78 is 1.59. The van der Waals surface area contributed by atoms with Crippen LogP contribution in [0.2, 0.25) is 0 Å². The molecule has 0 fully saturated rings. The summed E-state index contributed by atoms with van der Waals surface area (Å²) >= 11 is 0. The number of nitrogen functional groups attached to an aromatic ring is 1. The van der Waals surface area contributed by atoms with Gasteiger partial charge in [0.2, 0.25) is 0 Å². The van der Waals surface area contributed by atoms with E-state index in [1.165, 1.54) is 12.1 Å². The lowest BCUT2D eigenvalue weighted by Crippen LogP contribution is -2.04. The Balaban J connectivity index is 2.04. The van der Waals surface area contributed by atoms with Crippen LogP contribution >= 0.6 is 0 Å². The highest BCUT2D eigenvalue weighted by Crippen LogP contribution is 2.23. The monoisotopic (exact) mass is 279 g/mol. The van der Waals surface area contributed by atoms with Crippen LogP contribution in [0.15, 0.2) is 60.9 Å². The van der Waals surface area contributed by atoms with Gasteiger partial charge in [-0.1, -0.05) is 30.3 Å². The van der Waals surface area contributed by atoms with Gasteiger partial charge in [-0.2, -0.15) is 5.10 Å². The Kier molecular flexibility index (Phi) is 3.16. The maximum atomic E-state index is 11.1. The first-order valence-electron chi connectivity index (χ1n) is 6.38. The van der Waals surface area contributed by atoms with E-state index in [0.717, 1.165) is 11.1 Å². The molecule has 0 spiro atoms. The minimum atomic E-state index is -0.994. The van der Waals surface area contributed by atoms with E-state index in [9.17, 15) is 4.79 Å². The Morgan fingerprint density at radius 1 is 1.10 bits per heavy atom.